The van der Waals surface area contributed by atoms with Crippen LogP contribution in [0.25, 0.3) is 67.2 Å². The first-order valence-electron chi connectivity index (χ1n) is 19.0. The quantitative estimate of drug-likeness (QED) is 0.123. The zero-order valence-electron chi connectivity index (χ0n) is 30.7. The van der Waals surface area contributed by atoms with Crippen LogP contribution in [0.4, 0.5) is 0 Å². The molecule has 0 unspecified atom stereocenters. The van der Waals surface area contributed by atoms with E-state index in [1.807, 2.05) is 6.20 Å². The first-order chi connectivity index (χ1) is 28.3. The van der Waals surface area contributed by atoms with Gasteiger partial charge in [0.1, 0.15) is 0 Å². The van der Waals surface area contributed by atoms with E-state index in [4.69, 9.17) is 24.9 Å². The molecule has 0 radical (unpaired) electrons. The highest BCUT2D eigenvalue weighted by Gasteiger charge is 2.43. The Balaban J connectivity index is 1.22. The van der Waals surface area contributed by atoms with Gasteiger partial charge in [-0.15, -0.1) is 0 Å². The molecular weight excluding hydrogens is 715 g/mol. The Bertz CT molecular complexity index is 2920. The molecule has 0 atom stereocenters. The Morgan fingerprint density at radius 2 is 0.667 bits per heavy atom. The molecular formula is C49H33N7Si. The van der Waals surface area contributed by atoms with Gasteiger partial charge in [-0.2, -0.15) is 15.0 Å². The van der Waals surface area contributed by atoms with Gasteiger partial charge in [0.25, 0.3) is 0 Å². The molecule has 7 nitrogen and oxygen atoms in total. The van der Waals surface area contributed by atoms with Gasteiger partial charge in [0, 0.05) is 33.1 Å². The van der Waals surface area contributed by atoms with E-state index in [2.05, 4.69) is 203 Å². The van der Waals surface area contributed by atoms with Gasteiger partial charge < -0.3 is 0 Å². The number of aromatic nitrogens is 7. The summed E-state index contributed by atoms with van der Waals surface area (Å²) in [5.41, 5.74) is 4.01. The monoisotopic (exact) mass is 747 g/mol. The molecule has 0 aliphatic carbocycles. The molecule has 57 heavy (non-hydrogen) atoms. The Hall–Kier alpha value is -7.55. The summed E-state index contributed by atoms with van der Waals surface area (Å²) >= 11 is 0. The maximum absolute atomic E-state index is 5.52. The molecule has 0 amide bonds. The van der Waals surface area contributed by atoms with Crippen LogP contribution in [0.1, 0.15) is 0 Å². The summed E-state index contributed by atoms with van der Waals surface area (Å²) in [5, 5.41) is 9.09. The van der Waals surface area contributed by atoms with Crippen molar-refractivity contribution in [1.29, 1.82) is 0 Å². The van der Waals surface area contributed by atoms with Crippen molar-refractivity contribution in [2.45, 2.75) is 0 Å². The van der Waals surface area contributed by atoms with Gasteiger partial charge in [-0.25, -0.2) is 9.97 Å². The van der Waals surface area contributed by atoms with Gasteiger partial charge in [0.05, 0.1) is 22.1 Å². The second kappa shape index (κ2) is 13.3. The van der Waals surface area contributed by atoms with Crippen LogP contribution in [0.2, 0.25) is 0 Å². The lowest BCUT2D eigenvalue weighted by molar-refractivity contribution is 0.884. The molecule has 11 aromatic rings. The van der Waals surface area contributed by atoms with Crippen LogP contribution < -0.4 is 20.9 Å². The summed E-state index contributed by atoms with van der Waals surface area (Å²) in [7, 11) is -2.98. The fraction of sp³-hybridized carbons (Fsp3) is 0. The summed E-state index contributed by atoms with van der Waals surface area (Å²) in [6.45, 7) is 0. The Morgan fingerprint density at radius 3 is 1.05 bits per heavy atom. The maximum Gasteiger partial charge on any atom is 0.240 e. The van der Waals surface area contributed by atoms with Crippen LogP contribution >= 0.6 is 0 Å². The van der Waals surface area contributed by atoms with E-state index in [-0.39, 0.29) is 0 Å². The van der Waals surface area contributed by atoms with Gasteiger partial charge in [0.2, 0.25) is 25.8 Å². The van der Waals surface area contributed by atoms with Crippen molar-refractivity contribution in [3.63, 3.8) is 0 Å². The molecule has 7 aromatic carbocycles. The molecule has 0 aliphatic rings. The predicted octanol–water partition coefficient (Wildman–Crippen LogP) is 7.90. The van der Waals surface area contributed by atoms with Crippen LogP contribution in [0.15, 0.2) is 200 Å². The number of para-hydroxylation sites is 4. The van der Waals surface area contributed by atoms with Crippen molar-refractivity contribution in [1.82, 2.24) is 34.1 Å². The Morgan fingerprint density at radius 1 is 0.316 bits per heavy atom. The highest BCUT2D eigenvalue weighted by atomic mass is 28.3. The molecule has 0 aliphatic heterocycles. The maximum atomic E-state index is 5.52. The smallest absolute Gasteiger partial charge is 0.240 e. The molecule has 4 heterocycles. The molecule has 8 heteroatoms. The average Bonchev–Trinajstić information content (AvgIpc) is 3.81. The van der Waals surface area contributed by atoms with E-state index in [1.54, 1.807) is 0 Å². The number of hydrogen-bond acceptors (Lipinski definition) is 5. The second-order valence-corrected chi connectivity index (χ2v) is 17.9. The fourth-order valence-electron chi connectivity index (χ4n) is 8.61. The van der Waals surface area contributed by atoms with Crippen molar-refractivity contribution in [3.8, 4) is 23.5 Å². The van der Waals surface area contributed by atoms with E-state index in [9.17, 15) is 0 Å². The van der Waals surface area contributed by atoms with Crippen molar-refractivity contribution < 1.29 is 0 Å². The summed E-state index contributed by atoms with van der Waals surface area (Å²) in [6.07, 6.45) is 1.86. The first kappa shape index (κ1) is 32.8. The normalized spacial score (nSPS) is 11.9. The molecule has 0 spiro atoms. The van der Waals surface area contributed by atoms with Gasteiger partial charge >= 0.3 is 0 Å². The lowest BCUT2D eigenvalue weighted by Crippen LogP contribution is -2.75. The molecule has 4 aromatic heterocycles. The number of fused-ring (bicyclic) bond motifs is 6. The first-order valence-corrected chi connectivity index (χ1v) is 21.0. The minimum Gasteiger partial charge on any atom is -0.278 e. The van der Waals surface area contributed by atoms with Crippen molar-refractivity contribution in [2.75, 3.05) is 0 Å². The molecule has 268 valence electrons. The summed E-state index contributed by atoms with van der Waals surface area (Å²) in [4.78, 5) is 26.3. The predicted molar refractivity (Wildman–Crippen MR) is 233 cm³/mol. The minimum atomic E-state index is -2.98. The van der Waals surface area contributed by atoms with E-state index in [0.29, 0.717) is 23.5 Å². The highest BCUT2D eigenvalue weighted by Crippen LogP contribution is 2.34. The van der Waals surface area contributed by atoms with Crippen LogP contribution in [0, 0.1) is 0 Å². The lowest BCUT2D eigenvalue weighted by Gasteiger charge is -2.33. The zero-order valence-corrected chi connectivity index (χ0v) is 31.7. The van der Waals surface area contributed by atoms with E-state index < -0.39 is 8.07 Å². The third-order valence-corrected chi connectivity index (χ3v) is 15.7. The highest BCUT2D eigenvalue weighted by molar-refractivity contribution is 7.19. The summed E-state index contributed by atoms with van der Waals surface area (Å²) in [5.74, 6) is 1.79. The summed E-state index contributed by atoms with van der Waals surface area (Å²) < 4.78 is 4.27. The molecule has 11 rings (SSSR count). The van der Waals surface area contributed by atoms with Gasteiger partial charge in [-0.3, -0.25) is 9.13 Å². The van der Waals surface area contributed by atoms with Crippen LogP contribution in [-0.4, -0.2) is 42.1 Å². The largest absolute Gasteiger partial charge is 0.278 e. The standard InChI is InChI=1S/C49H33N7Si/c1-4-18-34(19-5-1)57(35-20-6-2-7-21-35,36-22-8-3-9-23-36)45-32-33-50-46(51-45)47-52-48(55-41-28-14-10-24-37(41)38-25-11-15-29-42(38)55)54-49(53-47)56-43-30-16-12-26-39(43)40-27-13-17-31-44(40)56/h1-33H. The van der Waals surface area contributed by atoms with E-state index >= 15 is 0 Å². The van der Waals surface area contributed by atoms with Crippen molar-refractivity contribution >= 4 is 72.6 Å². The SMILES string of the molecule is c1ccc([Si](c2ccccc2)(c2ccccc2)c2ccnc(-c3nc(-n4c5ccccc5c5ccccc54)nc(-n4c5ccccc5c5ccccc54)n3)n2)cc1. The third-order valence-electron chi connectivity index (χ3n) is 11.0. The van der Waals surface area contributed by atoms with E-state index in [1.165, 1.54) is 15.6 Å². The van der Waals surface area contributed by atoms with Crippen LogP contribution in [0.5, 0.6) is 0 Å². The Kier molecular flexibility index (Phi) is 7.68. The molecule has 0 saturated heterocycles. The van der Waals surface area contributed by atoms with Crippen molar-refractivity contribution in [3.05, 3.63) is 200 Å². The van der Waals surface area contributed by atoms with E-state index in [0.717, 1.165) is 48.9 Å². The molecule has 0 N–H and O–H groups in total. The van der Waals surface area contributed by atoms with Gasteiger partial charge in [-0.1, -0.05) is 164 Å². The van der Waals surface area contributed by atoms with Crippen LogP contribution in [-0.2, 0) is 0 Å². The number of benzene rings is 7. The minimum absolute atomic E-state index is 0.387. The molecule has 0 saturated carbocycles. The number of hydrogen-bond donors (Lipinski definition) is 0. The topological polar surface area (TPSA) is 74.3 Å². The third kappa shape index (κ3) is 5.15. The van der Waals surface area contributed by atoms with Gasteiger partial charge in [-0.05, 0) is 45.9 Å². The Labute approximate surface area is 329 Å². The number of nitrogens with zero attached hydrogens (tertiary/aromatic N) is 7. The second-order valence-electron chi connectivity index (χ2n) is 14.1. The molecule has 0 bridgehead atoms. The van der Waals surface area contributed by atoms with Crippen LogP contribution in [0.3, 0.4) is 0 Å². The molecule has 0 fully saturated rings. The fourth-order valence-corrected chi connectivity index (χ4v) is 13.2. The lowest BCUT2D eigenvalue weighted by atomic mass is 10.2. The summed E-state index contributed by atoms with van der Waals surface area (Å²) in [6, 6.07) is 68.0. The van der Waals surface area contributed by atoms with Crippen molar-refractivity contribution in [2.24, 2.45) is 0 Å². The average molecular weight is 748 g/mol. The van der Waals surface area contributed by atoms with Gasteiger partial charge in [0.15, 0.2) is 5.82 Å². The zero-order chi connectivity index (χ0) is 37.8. The number of rotatable bonds is 7.